The fourth-order valence-corrected chi connectivity index (χ4v) is 3.55. The Morgan fingerprint density at radius 2 is 2.04 bits per heavy atom. The molecule has 26 heavy (non-hydrogen) atoms. The zero-order valence-corrected chi connectivity index (χ0v) is 14.6. The minimum Gasteiger partial charge on any atom is -0.338 e. The first-order valence-electron chi connectivity index (χ1n) is 8.78. The molecule has 1 aliphatic heterocycles. The molecule has 1 spiro atoms. The Hall–Kier alpha value is -2.90. The molecule has 1 saturated heterocycles. The zero-order chi connectivity index (χ0) is 18.7. The van der Waals surface area contributed by atoms with Crippen molar-refractivity contribution in [1.29, 1.82) is 0 Å². The summed E-state index contributed by atoms with van der Waals surface area (Å²) in [6.45, 7) is 1.83. The van der Waals surface area contributed by atoms with Gasteiger partial charge in [0, 0.05) is 6.54 Å². The number of benzene rings is 1. The molecule has 1 aromatic rings. The van der Waals surface area contributed by atoms with Gasteiger partial charge in [0.2, 0.25) is 5.91 Å². The van der Waals surface area contributed by atoms with Gasteiger partial charge in [0.15, 0.2) is 0 Å². The second-order valence-corrected chi connectivity index (χ2v) is 6.54. The average molecular weight is 358 g/mol. The van der Waals surface area contributed by atoms with Crippen molar-refractivity contribution in [2.24, 2.45) is 0 Å². The van der Waals surface area contributed by atoms with Gasteiger partial charge in [0.1, 0.15) is 12.1 Å². The predicted octanol–water partition coefficient (Wildman–Crippen LogP) is 1.01. The second-order valence-electron chi connectivity index (χ2n) is 6.54. The van der Waals surface area contributed by atoms with E-state index in [9.17, 15) is 19.2 Å². The van der Waals surface area contributed by atoms with Crippen LogP contribution < -0.4 is 16.0 Å². The predicted molar refractivity (Wildman–Crippen MR) is 93.1 cm³/mol. The summed E-state index contributed by atoms with van der Waals surface area (Å²) in [6.07, 6.45) is 2.84. The Morgan fingerprint density at radius 3 is 2.81 bits per heavy atom. The normalized spacial score (nSPS) is 21.3. The van der Waals surface area contributed by atoms with Crippen molar-refractivity contribution in [3.05, 3.63) is 35.4 Å². The fraction of sp³-hybridized carbons (Fsp3) is 0.444. The maximum Gasteiger partial charge on any atom is 0.325 e. The Labute approximate surface area is 151 Å². The lowest BCUT2D eigenvalue weighted by atomic mass is 9.76. The van der Waals surface area contributed by atoms with E-state index in [2.05, 4.69) is 16.0 Å². The third-order valence-electron chi connectivity index (χ3n) is 4.74. The molecule has 2 aliphatic rings. The van der Waals surface area contributed by atoms with E-state index in [0.29, 0.717) is 13.0 Å². The van der Waals surface area contributed by atoms with E-state index >= 15 is 0 Å². The molecule has 138 valence electrons. The molecule has 6 amide bonds. The van der Waals surface area contributed by atoms with Crippen molar-refractivity contribution in [2.75, 3.05) is 13.1 Å². The first-order valence-corrected chi connectivity index (χ1v) is 8.78. The Morgan fingerprint density at radius 1 is 1.27 bits per heavy atom. The van der Waals surface area contributed by atoms with Crippen molar-refractivity contribution in [3.8, 4) is 0 Å². The number of nitrogens with zero attached hydrogens (tertiary/aromatic N) is 1. The number of imide groups is 2. The molecule has 3 N–H and O–H groups in total. The number of carbonyl (C=O) groups is 4. The fourth-order valence-electron chi connectivity index (χ4n) is 3.55. The van der Waals surface area contributed by atoms with Crippen molar-refractivity contribution in [2.45, 2.75) is 38.1 Å². The van der Waals surface area contributed by atoms with Crippen LogP contribution in [0.3, 0.4) is 0 Å². The Balaban J connectivity index is 1.74. The molecule has 1 aromatic carbocycles. The van der Waals surface area contributed by atoms with Crippen LogP contribution in [0.2, 0.25) is 0 Å². The summed E-state index contributed by atoms with van der Waals surface area (Å²) in [5.41, 5.74) is 0.697. The summed E-state index contributed by atoms with van der Waals surface area (Å²) < 4.78 is 0. The van der Waals surface area contributed by atoms with Gasteiger partial charge in [0.25, 0.3) is 5.91 Å². The second kappa shape index (κ2) is 7.15. The van der Waals surface area contributed by atoms with Gasteiger partial charge in [0.05, 0.1) is 0 Å². The van der Waals surface area contributed by atoms with Crippen LogP contribution in [0, 0.1) is 0 Å². The molecule has 1 aliphatic carbocycles. The van der Waals surface area contributed by atoms with Gasteiger partial charge in [-0.1, -0.05) is 31.2 Å². The van der Waals surface area contributed by atoms with Gasteiger partial charge < -0.3 is 10.6 Å². The number of aryl methyl sites for hydroxylation is 1. The number of carbonyl (C=O) groups excluding carboxylic acids is 4. The van der Waals surface area contributed by atoms with E-state index < -0.39 is 36.0 Å². The third-order valence-corrected chi connectivity index (χ3v) is 4.74. The highest BCUT2D eigenvalue weighted by atomic mass is 16.2. The lowest BCUT2D eigenvalue weighted by Crippen LogP contribution is -2.48. The number of hydrogen-bond donors (Lipinski definition) is 3. The van der Waals surface area contributed by atoms with Crippen LogP contribution >= 0.6 is 0 Å². The van der Waals surface area contributed by atoms with Crippen molar-refractivity contribution in [1.82, 2.24) is 20.9 Å². The summed E-state index contributed by atoms with van der Waals surface area (Å²) in [7, 11) is 0. The summed E-state index contributed by atoms with van der Waals surface area (Å²) in [5, 5.41) is 7.41. The van der Waals surface area contributed by atoms with Crippen molar-refractivity contribution >= 4 is 23.9 Å². The van der Waals surface area contributed by atoms with Gasteiger partial charge >= 0.3 is 12.1 Å². The van der Waals surface area contributed by atoms with Crippen LogP contribution in [0.25, 0.3) is 0 Å². The molecule has 8 nitrogen and oxygen atoms in total. The summed E-state index contributed by atoms with van der Waals surface area (Å²) >= 11 is 0. The molecule has 0 unspecified atom stereocenters. The lowest BCUT2D eigenvalue weighted by Gasteiger charge is -2.33. The van der Waals surface area contributed by atoms with Gasteiger partial charge in [-0.2, -0.15) is 0 Å². The van der Waals surface area contributed by atoms with Gasteiger partial charge in [-0.3, -0.25) is 19.8 Å². The van der Waals surface area contributed by atoms with Crippen LogP contribution in [0.5, 0.6) is 0 Å². The van der Waals surface area contributed by atoms with Gasteiger partial charge in [-0.15, -0.1) is 0 Å². The number of urea groups is 2. The van der Waals surface area contributed by atoms with Crippen LogP contribution in [0.15, 0.2) is 24.3 Å². The zero-order valence-electron chi connectivity index (χ0n) is 14.6. The molecule has 0 aromatic heterocycles. The minimum absolute atomic E-state index is 0.433. The molecule has 0 radical (unpaired) electrons. The molecule has 1 atom stereocenters. The highest BCUT2D eigenvalue weighted by molar-refractivity contribution is 6.10. The SMILES string of the molecule is CCCNC(=O)NC(=O)CN1C(=O)N[C@]2(CCCc3ccccc32)C1=O. The number of hydrogen-bond acceptors (Lipinski definition) is 4. The van der Waals surface area contributed by atoms with Crippen molar-refractivity contribution < 1.29 is 19.2 Å². The van der Waals surface area contributed by atoms with Crippen LogP contribution in [0.1, 0.15) is 37.3 Å². The number of fused-ring (bicyclic) bond motifs is 2. The lowest BCUT2D eigenvalue weighted by molar-refractivity contribution is -0.135. The first kappa shape index (κ1) is 17.9. The maximum atomic E-state index is 13.0. The quantitative estimate of drug-likeness (QED) is 0.698. The monoisotopic (exact) mass is 358 g/mol. The van der Waals surface area contributed by atoms with E-state index in [1.54, 1.807) is 0 Å². The summed E-state index contributed by atoms with van der Waals surface area (Å²) in [4.78, 5) is 49.9. The van der Waals surface area contributed by atoms with E-state index in [1.807, 2.05) is 31.2 Å². The van der Waals surface area contributed by atoms with Gasteiger partial charge in [-0.05, 0) is 36.8 Å². The number of nitrogens with one attached hydrogen (secondary N) is 3. The largest absolute Gasteiger partial charge is 0.338 e. The van der Waals surface area contributed by atoms with Crippen LogP contribution in [0.4, 0.5) is 9.59 Å². The molecule has 1 heterocycles. The number of rotatable bonds is 4. The number of amides is 6. The average Bonchev–Trinajstić information content (AvgIpc) is 2.85. The molecular weight excluding hydrogens is 336 g/mol. The topological polar surface area (TPSA) is 108 Å². The summed E-state index contributed by atoms with van der Waals surface area (Å²) in [5.74, 6) is -1.15. The standard InChI is InChI=1S/C18H22N4O4/c1-2-10-19-16(25)20-14(23)11-22-15(24)18(21-17(22)26)9-5-7-12-6-3-4-8-13(12)18/h3-4,6,8H,2,5,7,9-11H2,1H3,(H,21,26)(H2,19,20,23,25)/t18-/m0/s1. The Bertz CT molecular complexity index is 763. The molecule has 3 rings (SSSR count). The molecule has 8 heteroatoms. The molecule has 0 bridgehead atoms. The van der Waals surface area contributed by atoms with E-state index in [4.69, 9.17) is 0 Å². The molecular formula is C18H22N4O4. The summed E-state index contributed by atoms with van der Waals surface area (Å²) in [6, 6.07) is 6.27. The smallest absolute Gasteiger partial charge is 0.325 e. The highest BCUT2D eigenvalue weighted by Gasteiger charge is 2.54. The van der Waals surface area contributed by atoms with Crippen LogP contribution in [-0.2, 0) is 21.5 Å². The Kier molecular flexibility index (Phi) is 4.92. The maximum absolute atomic E-state index is 13.0. The van der Waals surface area contributed by atoms with E-state index in [1.165, 1.54) is 0 Å². The van der Waals surface area contributed by atoms with E-state index in [0.717, 1.165) is 35.3 Å². The first-order chi connectivity index (χ1) is 12.5. The molecule has 1 fully saturated rings. The van der Waals surface area contributed by atoms with Crippen LogP contribution in [-0.4, -0.2) is 41.9 Å². The van der Waals surface area contributed by atoms with Crippen molar-refractivity contribution in [3.63, 3.8) is 0 Å². The highest BCUT2D eigenvalue weighted by Crippen LogP contribution is 2.39. The minimum atomic E-state index is -1.11. The third kappa shape index (κ3) is 3.14. The van der Waals surface area contributed by atoms with Gasteiger partial charge in [-0.25, -0.2) is 9.59 Å². The molecule has 0 saturated carbocycles. The van der Waals surface area contributed by atoms with E-state index in [-0.39, 0.29) is 0 Å².